The maximum atomic E-state index is 9.31. The van der Waals surface area contributed by atoms with Gasteiger partial charge < -0.3 is 5.11 Å². The molecule has 82 valence electrons. The molecule has 2 rings (SSSR count). The number of hydrogen-bond donors (Lipinski definition) is 1. The Morgan fingerprint density at radius 3 is 2.06 bits per heavy atom. The molecule has 0 aliphatic heterocycles. The van der Waals surface area contributed by atoms with Crippen LogP contribution in [-0.2, 0) is 0 Å². The van der Waals surface area contributed by atoms with E-state index < -0.39 is 0 Å². The predicted octanol–water partition coefficient (Wildman–Crippen LogP) is 4.41. The van der Waals surface area contributed by atoms with Crippen molar-refractivity contribution in [2.24, 2.45) is 0 Å². The van der Waals surface area contributed by atoms with Crippen molar-refractivity contribution in [2.75, 3.05) is 0 Å². The number of hydrogen-bond acceptors (Lipinski definition) is 2. The van der Waals surface area contributed by atoms with Gasteiger partial charge >= 0.3 is 0 Å². The van der Waals surface area contributed by atoms with Crippen molar-refractivity contribution in [3.8, 4) is 16.9 Å². The van der Waals surface area contributed by atoms with Crippen LogP contribution in [0.3, 0.4) is 0 Å². The van der Waals surface area contributed by atoms with Crippen molar-refractivity contribution in [1.82, 2.24) is 4.98 Å². The molecule has 1 aromatic heterocycles. The highest BCUT2D eigenvalue weighted by Crippen LogP contribution is 2.35. The summed E-state index contributed by atoms with van der Waals surface area (Å²) < 4.78 is 0. The van der Waals surface area contributed by atoms with Gasteiger partial charge in [0.05, 0.1) is 21.3 Å². The summed E-state index contributed by atoms with van der Waals surface area (Å²) in [5.41, 5.74) is 1.48. The van der Waals surface area contributed by atoms with E-state index in [0.29, 0.717) is 15.1 Å². The first-order valence-electron chi connectivity index (χ1n) is 4.37. The monoisotopic (exact) mass is 273 g/mol. The Balaban J connectivity index is 2.57. The molecule has 0 aliphatic carbocycles. The Bertz CT molecular complexity index is 519. The van der Waals surface area contributed by atoms with E-state index in [9.17, 15) is 5.11 Å². The summed E-state index contributed by atoms with van der Waals surface area (Å²) in [6, 6.07) is 4.92. The van der Waals surface area contributed by atoms with E-state index in [1.165, 1.54) is 6.20 Å². The zero-order valence-corrected chi connectivity index (χ0v) is 10.2. The lowest BCUT2D eigenvalue weighted by molar-refractivity contribution is 0.473. The van der Waals surface area contributed by atoms with E-state index in [0.717, 1.165) is 11.1 Å². The third kappa shape index (κ3) is 2.24. The average Bonchev–Trinajstić information content (AvgIpc) is 2.25. The van der Waals surface area contributed by atoms with Crippen molar-refractivity contribution >= 4 is 34.8 Å². The van der Waals surface area contributed by atoms with Gasteiger partial charge in [-0.2, -0.15) is 0 Å². The predicted molar refractivity (Wildman–Crippen MR) is 66.4 cm³/mol. The van der Waals surface area contributed by atoms with Crippen LogP contribution in [0.2, 0.25) is 15.1 Å². The van der Waals surface area contributed by atoms with Crippen molar-refractivity contribution in [1.29, 1.82) is 0 Å². The largest absolute Gasteiger partial charge is 0.506 e. The van der Waals surface area contributed by atoms with Gasteiger partial charge in [-0.3, -0.25) is 4.98 Å². The van der Waals surface area contributed by atoms with E-state index in [4.69, 9.17) is 34.8 Å². The highest BCUT2D eigenvalue weighted by atomic mass is 35.5. The first-order chi connectivity index (χ1) is 7.58. The molecule has 0 saturated carbocycles. The third-order valence-corrected chi connectivity index (χ3v) is 3.24. The normalized spacial score (nSPS) is 10.4. The molecule has 2 aromatic rings. The zero-order chi connectivity index (χ0) is 11.7. The van der Waals surface area contributed by atoms with E-state index in [1.807, 2.05) is 0 Å². The Morgan fingerprint density at radius 2 is 1.50 bits per heavy atom. The Hall–Kier alpha value is -0.960. The molecule has 0 saturated heterocycles. The van der Waals surface area contributed by atoms with E-state index >= 15 is 0 Å². The molecule has 0 radical (unpaired) electrons. The molecular weight excluding hydrogens is 268 g/mol. The topological polar surface area (TPSA) is 33.1 Å². The maximum absolute atomic E-state index is 9.31. The number of halogens is 3. The first-order valence-corrected chi connectivity index (χ1v) is 5.50. The SMILES string of the molecule is Oc1cncc(-c2cc(Cl)c(Cl)c(Cl)c2)c1. The third-order valence-electron chi connectivity index (χ3n) is 2.04. The number of benzene rings is 1. The van der Waals surface area contributed by atoms with Gasteiger partial charge in [0, 0.05) is 11.8 Å². The molecule has 1 heterocycles. The standard InChI is InChI=1S/C11H6Cl3NO/c12-9-2-6(3-10(13)11(9)14)7-1-8(16)5-15-4-7/h1-5,16H. The summed E-state index contributed by atoms with van der Waals surface area (Å²) in [5.74, 6) is 0.0831. The minimum Gasteiger partial charge on any atom is -0.506 e. The van der Waals surface area contributed by atoms with Gasteiger partial charge in [0.25, 0.3) is 0 Å². The molecule has 2 nitrogen and oxygen atoms in total. The van der Waals surface area contributed by atoms with Gasteiger partial charge in [0.15, 0.2) is 0 Å². The smallest absolute Gasteiger partial charge is 0.134 e. The minimum atomic E-state index is 0.0831. The molecule has 0 amide bonds. The molecule has 1 aromatic carbocycles. The molecule has 5 heteroatoms. The summed E-state index contributed by atoms with van der Waals surface area (Å²) >= 11 is 17.7. The van der Waals surface area contributed by atoms with Crippen molar-refractivity contribution in [3.05, 3.63) is 45.7 Å². The van der Waals surface area contributed by atoms with Crippen molar-refractivity contribution in [2.45, 2.75) is 0 Å². The molecular formula is C11H6Cl3NO. The van der Waals surface area contributed by atoms with Crippen LogP contribution in [0.4, 0.5) is 0 Å². The number of aromatic hydroxyl groups is 1. The quantitative estimate of drug-likeness (QED) is 0.781. The van der Waals surface area contributed by atoms with Gasteiger partial charge in [-0.25, -0.2) is 0 Å². The summed E-state index contributed by atoms with van der Waals surface area (Å²) in [7, 11) is 0. The lowest BCUT2D eigenvalue weighted by atomic mass is 10.1. The second-order valence-corrected chi connectivity index (χ2v) is 4.38. The van der Waals surface area contributed by atoms with Gasteiger partial charge in [0.1, 0.15) is 5.75 Å². The number of aromatic nitrogens is 1. The highest BCUT2D eigenvalue weighted by molar-refractivity contribution is 6.48. The molecule has 0 bridgehead atoms. The van der Waals surface area contributed by atoms with E-state index in [1.54, 1.807) is 24.4 Å². The first kappa shape index (κ1) is 11.5. The van der Waals surface area contributed by atoms with Crippen molar-refractivity contribution < 1.29 is 5.11 Å². The summed E-state index contributed by atoms with van der Waals surface area (Å²) in [5, 5.41) is 10.4. The van der Waals surface area contributed by atoms with Gasteiger partial charge in [0.2, 0.25) is 0 Å². The van der Waals surface area contributed by atoms with Crippen LogP contribution in [0.5, 0.6) is 5.75 Å². The van der Waals surface area contributed by atoms with Crippen LogP contribution >= 0.6 is 34.8 Å². The van der Waals surface area contributed by atoms with Crippen LogP contribution in [-0.4, -0.2) is 10.1 Å². The van der Waals surface area contributed by atoms with Crippen LogP contribution < -0.4 is 0 Å². The van der Waals surface area contributed by atoms with Crippen LogP contribution in [0, 0.1) is 0 Å². The number of nitrogens with zero attached hydrogens (tertiary/aromatic N) is 1. The Labute approximate surface area is 107 Å². The summed E-state index contributed by atoms with van der Waals surface area (Å²) in [6.45, 7) is 0. The highest BCUT2D eigenvalue weighted by Gasteiger charge is 2.08. The van der Waals surface area contributed by atoms with Gasteiger partial charge in [-0.1, -0.05) is 34.8 Å². The van der Waals surface area contributed by atoms with Crippen molar-refractivity contribution in [3.63, 3.8) is 0 Å². The fourth-order valence-corrected chi connectivity index (χ4v) is 1.90. The summed E-state index contributed by atoms with van der Waals surface area (Å²) in [4.78, 5) is 3.87. The molecule has 0 spiro atoms. The zero-order valence-electron chi connectivity index (χ0n) is 7.92. The Morgan fingerprint density at radius 1 is 0.875 bits per heavy atom. The number of pyridine rings is 1. The fraction of sp³-hybridized carbons (Fsp3) is 0. The van der Waals surface area contributed by atoms with Crippen LogP contribution in [0.25, 0.3) is 11.1 Å². The van der Waals surface area contributed by atoms with Crippen LogP contribution in [0.1, 0.15) is 0 Å². The van der Waals surface area contributed by atoms with E-state index in [-0.39, 0.29) is 5.75 Å². The van der Waals surface area contributed by atoms with Gasteiger partial charge in [-0.05, 0) is 23.8 Å². The number of rotatable bonds is 1. The summed E-state index contributed by atoms with van der Waals surface area (Å²) in [6.07, 6.45) is 2.96. The second kappa shape index (κ2) is 4.50. The molecule has 0 aliphatic rings. The molecule has 1 N–H and O–H groups in total. The molecule has 16 heavy (non-hydrogen) atoms. The fourth-order valence-electron chi connectivity index (χ4n) is 1.31. The second-order valence-electron chi connectivity index (χ2n) is 3.19. The maximum Gasteiger partial charge on any atom is 0.134 e. The van der Waals surface area contributed by atoms with Crippen LogP contribution in [0.15, 0.2) is 30.6 Å². The lowest BCUT2D eigenvalue weighted by Gasteiger charge is -2.05. The van der Waals surface area contributed by atoms with E-state index in [2.05, 4.69) is 4.98 Å². The Kier molecular flexibility index (Phi) is 3.24. The lowest BCUT2D eigenvalue weighted by Crippen LogP contribution is -1.82. The molecule has 0 unspecified atom stereocenters. The van der Waals surface area contributed by atoms with Gasteiger partial charge in [-0.15, -0.1) is 0 Å². The minimum absolute atomic E-state index is 0.0831. The molecule has 0 atom stereocenters. The average molecular weight is 275 g/mol. The molecule has 0 fully saturated rings.